The molecule has 2 heterocycles. The summed E-state index contributed by atoms with van der Waals surface area (Å²) in [7, 11) is 0. The Bertz CT molecular complexity index is 1200. The van der Waals surface area contributed by atoms with Gasteiger partial charge in [-0.05, 0) is 43.4 Å². The van der Waals surface area contributed by atoms with Gasteiger partial charge in [0.15, 0.2) is 5.65 Å². The zero-order valence-electron chi connectivity index (χ0n) is 19.7. The minimum Gasteiger partial charge on any atom is -0.473 e. The number of anilines is 1. The van der Waals surface area contributed by atoms with Crippen LogP contribution >= 0.6 is 0 Å². The van der Waals surface area contributed by atoms with Crippen LogP contribution in [0, 0.1) is 11.3 Å². The summed E-state index contributed by atoms with van der Waals surface area (Å²) in [4.78, 5) is 16.9. The number of hydrogen-bond acceptors (Lipinski definition) is 4. The summed E-state index contributed by atoms with van der Waals surface area (Å²) in [5, 5.41) is 6.92. The summed E-state index contributed by atoms with van der Waals surface area (Å²) < 4.78 is 48.4. The standard InChI is InChI=1S/C25H29F3N4O2/c1-15-7-5-6-8-20(15)34-22-12-11-21-29-19(14-32(21)31-22)16-9-10-17(25(26,27)28)18(13-16)30-23(33)24(2,3)4/h9-15,20H,5-8H2,1-4H3,(H,30,33)/t15-,20-/m1/s1. The summed E-state index contributed by atoms with van der Waals surface area (Å²) >= 11 is 0. The SMILES string of the molecule is C[C@@H]1CCCC[C@H]1Oc1ccc2nc(-c3ccc(C(F)(F)F)c(NC(=O)C(C)(C)C)c3)cn2n1. The highest BCUT2D eigenvalue weighted by Gasteiger charge is 2.35. The molecule has 2 atom stereocenters. The van der Waals surface area contributed by atoms with Gasteiger partial charge in [0.25, 0.3) is 0 Å². The van der Waals surface area contributed by atoms with Crippen molar-refractivity contribution in [1.29, 1.82) is 0 Å². The highest BCUT2D eigenvalue weighted by molar-refractivity contribution is 5.96. The fourth-order valence-electron chi connectivity index (χ4n) is 4.04. The molecule has 0 radical (unpaired) electrons. The quantitative estimate of drug-likeness (QED) is 0.478. The summed E-state index contributed by atoms with van der Waals surface area (Å²) in [6, 6.07) is 7.14. The molecule has 0 bridgehead atoms. The predicted octanol–water partition coefficient (Wildman–Crippen LogP) is 6.36. The van der Waals surface area contributed by atoms with E-state index in [1.807, 2.05) is 0 Å². The number of alkyl halides is 3. The molecule has 3 aromatic rings. The Morgan fingerprint density at radius 1 is 1.12 bits per heavy atom. The second-order valence-corrected chi connectivity index (χ2v) is 9.98. The average molecular weight is 475 g/mol. The lowest BCUT2D eigenvalue weighted by Gasteiger charge is -2.28. The molecule has 4 rings (SSSR count). The van der Waals surface area contributed by atoms with Crippen LogP contribution in [0.25, 0.3) is 16.9 Å². The average Bonchev–Trinajstić information content (AvgIpc) is 3.17. The Morgan fingerprint density at radius 3 is 2.53 bits per heavy atom. The van der Waals surface area contributed by atoms with Crippen molar-refractivity contribution in [3.8, 4) is 17.1 Å². The van der Waals surface area contributed by atoms with Gasteiger partial charge >= 0.3 is 6.18 Å². The molecule has 1 aromatic carbocycles. The largest absolute Gasteiger partial charge is 0.473 e. The highest BCUT2D eigenvalue weighted by atomic mass is 19.4. The molecule has 1 saturated carbocycles. The van der Waals surface area contributed by atoms with Crippen LogP contribution in [-0.2, 0) is 11.0 Å². The molecule has 1 N–H and O–H groups in total. The summed E-state index contributed by atoms with van der Waals surface area (Å²) in [6.07, 6.45) is 1.62. The maximum atomic E-state index is 13.6. The smallest absolute Gasteiger partial charge is 0.418 e. The van der Waals surface area contributed by atoms with Crippen LogP contribution in [0.4, 0.5) is 18.9 Å². The van der Waals surface area contributed by atoms with Gasteiger partial charge in [0.1, 0.15) is 6.10 Å². The molecular weight excluding hydrogens is 445 g/mol. The van der Waals surface area contributed by atoms with Gasteiger partial charge in [-0.15, -0.1) is 5.10 Å². The predicted molar refractivity (Wildman–Crippen MR) is 124 cm³/mol. The third-order valence-corrected chi connectivity index (χ3v) is 6.15. The Balaban J connectivity index is 1.65. The number of nitrogens with one attached hydrogen (secondary N) is 1. The van der Waals surface area contributed by atoms with E-state index in [1.165, 1.54) is 18.6 Å². The lowest BCUT2D eigenvalue weighted by atomic mass is 9.88. The van der Waals surface area contributed by atoms with E-state index in [0.29, 0.717) is 28.7 Å². The zero-order valence-corrected chi connectivity index (χ0v) is 19.7. The second-order valence-electron chi connectivity index (χ2n) is 9.98. The molecule has 0 unspecified atom stereocenters. The van der Waals surface area contributed by atoms with Crippen molar-refractivity contribution < 1.29 is 22.7 Å². The number of aromatic nitrogens is 3. The first kappa shape index (κ1) is 24.0. The molecule has 1 amide bonds. The number of imidazole rings is 1. The van der Waals surface area contributed by atoms with Gasteiger partial charge in [-0.1, -0.05) is 40.2 Å². The molecule has 1 aliphatic carbocycles. The number of fused-ring (bicyclic) bond motifs is 1. The summed E-state index contributed by atoms with van der Waals surface area (Å²) in [5.41, 5.74) is -0.641. The van der Waals surface area contributed by atoms with Gasteiger partial charge in [0.2, 0.25) is 11.8 Å². The van der Waals surface area contributed by atoms with E-state index in [9.17, 15) is 18.0 Å². The van der Waals surface area contributed by atoms with Gasteiger partial charge in [0.05, 0.1) is 23.1 Å². The van der Waals surface area contributed by atoms with E-state index in [1.54, 1.807) is 43.6 Å². The Morgan fingerprint density at radius 2 is 1.85 bits per heavy atom. The third-order valence-electron chi connectivity index (χ3n) is 6.15. The minimum absolute atomic E-state index is 0.116. The van der Waals surface area contributed by atoms with Crippen LogP contribution in [0.15, 0.2) is 36.5 Å². The number of nitrogens with zero attached hydrogens (tertiary/aromatic N) is 3. The minimum atomic E-state index is -4.61. The number of carbonyl (C=O) groups excluding carboxylic acids is 1. The number of rotatable bonds is 4. The van der Waals surface area contributed by atoms with Gasteiger partial charge in [-0.25, -0.2) is 9.50 Å². The second kappa shape index (κ2) is 8.92. The summed E-state index contributed by atoms with van der Waals surface area (Å²) in [6.45, 7) is 7.10. The van der Waals surface area contributed by atoms with Crippen molar-refractivity contribution in [3.63, 3.8) is 0 Å². The highest BCUT2D eigenvalue weighted by Crippen LogP contribution is 2.38. The van der Waals surface area contributed by atoms with Gasteiger partial charge in [0, 0.05) is 17.0 Å². The maximum absolute atomic E-state index is 13.6. The fourth-order valence-corrected chi connectivity index (χ4v) is 4.04. The first-order chi connectivity index (χ1) is 15.9. The number of benzene rings is 1. The molecule has 2 aromatic heterocycles. The van der Waals surface area contributed by atoms with E-state index in [2.05, 4.69) is 22.3 Å². The zero-order chi connectivity index (χ0) is 24.7. The molecule has 34 heavy (non-hydrogen) atoms. The van der Waals surface area contributed by atoms with E-state index in [-0.39, 0.29) is 11.8 Å². The molecule has 182 valence electrons. The maximum Gasteiger partial charge on any atom is 0.418 e. The number of amides is 1. The van der Waals surface area contributed by atoms with Crippen molar-refractivity contribution in [2.75, 3.05) is 5.32 Å². The van der Waals surface area contributed by atoms with Crippen LogP contribution in [0.3, 0.4) is 0 Å². The summed E-state index contributed by atoms with van der Waals surface area (Å²) in [5.74, 6) is 0.435. The first-order valence-electron chi connectivity index (χ1n) is 11.5. The molecule has 1 fully saturated rings. The van der Waals surface area contributed by atoms with Crippen LogP contribution in [0.5, 0.6) is 5.88 Å². The fraction of sp³-hybridized carbons (Fsp3) is 0.480. The van der Waals surface area contributed by atoms with Gasteiger partial charge in [-0.2, -0.15) is 13.2 Å². The Hall–Kier alpha value is -3.10. The third kappa shape index (κ3) is 5.18. The number of carbonyl (C=O) groups is 1. The van der Waals surface area contributed by atoms with E-state index in [4.69, 9.17) is 4.74 Å². The molecule has 0 spiro atoms. The topological polar surface area (TPSA) is 68.5 Å². The van der Waals surface area contributed by atoms with Crippen molar-refractivity contribution in [2.45, 2.75) is 65.7 Å². The molecule has 6 nitrogen and oxygen atoms in total. The normalized spacial score (nSPS) is 19.3. The lowest BCUT2D eigenvalue weighted by Crippen LogP contribution is -2.28. The molecular formula is C25H29F3N4O2. The van der Waals surface area contributed by atoms with Crippen LogP contribution < -0.4 is 10.1 Å². The van der Waals surface area contributed by atoms with Crippen molar-refractivity contribution >= 4 is 17.2 Å². The van der Waals surface area contributed by atoms with Gasteiger partial charge in [-0.3, -0.25) is 4.79 Å². The molecule has 0 aliphatic heterocycles. The van der Waals surface area contributed by atoms with E-state index >= 15 is 0 Å². The first-order valence-corrected chi connectivity index (χ1v) is 11.5. The Kier molecular flexibility index (Phi) is 6.31. The van der Waals surface area contributed by atoms with E-state index < -0.39 is 23.1 Å². The van der Waals surface area contributed by atoms with Crippen molar-refractivity contribution in [2.24, 2.45) is 11.3 Å². The molecule has 0 saturated heterocycles. The van der Waals surface area contributed by atoms with Crippen LogP contribution in [-0.4, -0.2) is 26.6 Å². The Labute approximate surface area is 196 Å². The number of halogens is 3. The van der Waals surface area contributed by atoms with Crippen molar-refractivity contribution in [3.05, 3.63) is 42.1 Å². The van der Waals surface area contributed by atoms with Crippen LogP contribution in [0.2, 0.25) is 0 Å². The number of ether oxygens (including phenoxy) is 1. The molecule has 1 aliphatic rings. The van der Waals surface area contributed by atoms with Crippen molar-refractivity contribution in [1.82, 2.24) is 14.6 Å². The lowest BCUT2D eigenvalue weighted by molar-refractivity contribution is -0.137. The number of hydrogen-bond donors (Lipinski definition) is 1. The van der Waals surface area contributed by atoms with E-state index in [0.717, 1.165) is 25.3 Å². The molecule has 9 heteroatoms. The van der Waals surface area contributed by atoms with Crippen LogP contribution in [0.1, 0.15) is 58.9 Å². The monoisotopic (exact) mass is 474 g/mol. The van der Waals surface area contributed by atoms with Gasteiger partial charge < -0.3 is 10.1 Å².